The number of rotatable bonds is 6. The molecule has 2 aromatic rings. The predicted octanol–water partition coefficient (Wildman–Crippen LogP) is 2.98. The summed E-state index contributed by atoms with van der Waals surface area (Å²) in [6.45, 7) is 2.41. The van der Waals surface area contributed by atoms with E-state index in [4.69, 9.17) is 11.6 Å². The van der Waals surface area contributed by atoms with Crippen molar-refractivity contribution in [3.8, 4) is 0 Å². The zero-order chi connectivity index (χ0) is 16.8. The van der Waals surface area contributed by atoms with E-state index < -0.39 is 0 Å². The normalized spacial score (nSPS) is 12.0. The maximum atomic E-state index is 12.3. The van der Waals surface area contributed by atoms with Gasteiger partial charge in [0.05, 0.1) is 0 Å². The molecule has 0 N–H and O–H groups in total. The van der Waals surface area contributed by atoms with Crippen molar-refractivity contribution >= 4 is 17.5 Å². The zero-order valence-corrected chi connectivity index (χ0v) is 14.2. The number of halogens is 1. The first kappa shape index (κ1) is 17.3. The highest BCUT2D eigenvalue weighted by atomic mass is 35.5. The standard InChI is InChI=1S/C18H21ClN2O2/c1-14(13-15-6-8-16(19)9-7-15)20(2)17(22)10-12-21-11-4-3-5-18(21)23/h3-9,11,14H,10,12-13H2,1-2H3. The van der Waals surface area contributed by atoms with Gasteiger partial charge >= 0.3 is 0 Å². The maximum absolute atomic E-state index is 12.3. The van der Waals surface area contributed by atoms with Crippen LogP contribution in [0, 0.1) is 0 Å². The molecule has 5 heteroatoms. The molecule has 0 saturated carbocycles. The molecule has 0 saturated heterocycles. The van der Waals surface area contributed by atoms with Gasteiger partial charge in [-0.3, -0.25) is 9.59 Å². The Morgan fingerprint density at radius 2 is 1.91 bits per heavy atom. The van der Waals surface area contributed by atoms with Crippen LogP contribution in [0.15, 0.2) is 53.5 Å². The summed E-state index contributed by atoms with van der Waals surface area (Å²) in [4.78, 5) is 25.7. The topological polar surface area (TPSA) is 42.3 Å². The van der Waals surface area contributed by atoms with Gasteiger partial charge in [0.25, 0.3) is 5.56 Å². The highest BCUT2D eigenvalue weighted by Crippen LogP contribution is 2.13. The van der Waals surface area contributed by atoms with Crippen LogP contribution in [0.1, 0.15) is 18.9 Å². The second-order valence-electron chi connectivity index (χ2n) is 5.67. The van der Waals surface area contributed by atoms with Crippen LogP contribution >= 0.6 is 11.6 Å². The Bertz CT molecular complexity index is 709. The van der Waals surface area contributed by atoms with Gasteiger partial charge in [0.1, 0.15) is 0 Å². The largest absolute Gasteiger partial charge is 0.343 e. The molecule has 0 fully saturated rings. The number of aryl methyl sites for hydroxylation is 1. The van der Waals surface area contributed by atoms with Crippen molar-refractivity contribution in [1.82, 2.24) is 9.47 Å². The molecule has 0 bridgehead atoms. The van der Waals surface area contributed by atoms with Gasteiger partial charge in [0.2, 0.25) is 5.91 Å². The molecule has 0 aliphatic heterocycles. The summed E-state index contributed by atoms with van der Waals surface area (Å²) in [7, 11) is 1.80. The summed E-state index contributed by atoms with van der Waals surface area (Å²) >= 11 is 5.88. The van der Waals surface area contributed by atoms with E-state index in [2.05, 4.69) is 0 Å². The number of carbonyl (C=O) groups excluding carboxylic acids is 1. The van der Waals surface area contributed by atoms with Crippen LogP contribution < -0.4 is 5.56 Å². The summed E-state index contributed by atoms with van der Waals surface area (Å²) in [5.74, 6) is 0.0298. The summed E-state index contributed by atoms with van der Waals surface area (Å²) in [5, 5.41) is 0.708. The Hall–Kier alpha value is -2.07. The third-order valence-electron chi connectivity index (χ3n) is 3.96. The lowest BCUT2D eigenvalue weighted by atomic mass is 10.1. The third-order valence-corrected chi connectivity index (χ3v) is 4.22. The molecule has 0 radical (unpaired) electrons. The fraction of sp³-hybridized carbons (Fsp3) is 0.333. The average molecular weight is 333 g/mol. The second-order valence-corrected chi connectivity index (χ2v) is 6.10. The third kappa shape index (κ3) is 4.96. The number of pyridine rings is 1. The van der Waals surface area contributed by atoms with Crippen molar-refractivity contribution in [1.29, 1.82) is 0 Å². The molecule has 0 aliphatic carbocycles. The molecule has 0 aliphatic rings. The molecule has 2 rings (SSSR count). The van der Waals surface area contributed by atoms with Gasteiger partial charge in [-0.2, -0.15) is 0 Å². The zero-order valence-electron chi connectivity index (χ0n) is 13.4. The molecule has 0 spiro atoms. The Balaban J connectivity index is 1.89. The van der Waals surface area contributed by atoms with E-state index in [1.54, 1.807) is 34.8 Å². The quantitative estimate of drug-likeness (QED) is 0.816. The number of benzene rings is 1. The molecular weight excluding hydrogens is 312 g/mol. The van der Waals surface area contributed by atoms with Crippen LogP contribution in [0.3, 0.4) is 0 Å². The van der Waals surface area contributed by atoms with Crippen molar-refractivity contribution in [2.24, 2.45) is 0 Å². The van der Waals surface area contributed by atoms with Crippen LogP contribution in [0.25, 0.3) is 0 Å². The monoisotopic (exact) mass is 332 g/mol. The van der Waals surface area contributed by atoms with E-state index in [1.807, 2.05) is 31.2 Å². The smallest absolute Gasteiger partial charge is 0.250 e. The van der Waals surface area contributed by atoms with Crippen LogP contribution in [0.4, 0.5) is 0 Å². The minimum atomic E-state index is -0.0860. The van der Waals surface area contributed by atoms with Crippen LogP contribution in [-0.2, 0) is 17.8 Å². The van der Waals surface area contributed by atoms with Gasteiger partial charge in [0.15, 0.2) is 0 Å². The molecule has 1 amide bonds. The molecular formula is C18H21ClN2O2. The van der Waals surface area contributed by atoms with E-state index in [1.165, 1.54) is 6.07 Å². The summed E-state index contributed by atoms with van der Waals surface area (Å²) in [6.07, 6.45) is 2.78. The number of hydrogen-bond donors (Lipinski definition) is 0. The molecule has 1 unspecified atom stereocenters. The average Bonchev–Trinajstić information content (AvgIpc) is 2.55. The van der Waals surface area contributed by atoms with Gasteiger partial charge in [-0.05, 0) is 37.1 Å². The van der Waals surface area contributed by atoms with Crippen LogP contribution in [0.5, 0.6) is 0 Å². The maximum Gasteiger partial charge on any atom is 0.250 e. The van der Waals surface area contributed by atoms with Gasteiger partial charge < -0.3 is 9.47 Å². The van der Waals surface area contributed by atoms with Crippen molar-refractivity contribution in [2.45, 2.75) is 32.4 Å². The SMILES string of the molecule is CC(Cc1ccc(Cl)cc1)N(C)C(=O)CCn1ccccc1=O. The second kappa shape index (κ2) is 7.97. The lowest BCUT2D eigenvalue weighted by Crippen LogP contribution is -2.37. The van der Waals surface area contributed by atoms with Gasteiger partial charge in [-0.25, -0.2) is 0 Å². The minimum absolute atomic E-state index is 0.0298. The Morgan fingerprint density at radius 1 is 1.22 bits per heavy atom. The number of amides is 1. The number of carbonyl (C=O) groups is 1. The van der Waals surface area contributed by atoms with E-state index >= 15 is 0 Å². The first-order chi connectivity index (χ1) is 11.0. The van der Waals surface area contributed by atoms with E-state index in [0.717, 1.165) is 12.0 Å². The number of likely N-dealkylation sites (N-methyl/N-ethyl adjacent to an activating group) is 1. The van der Waals surface area contributed by atoms with E-state index in [0.29, 0.717) is 18.0 Å². The molecule has 23 heavy (non-hydrogen) atoms. The highest BCUT2D eigenvalue weighted by Gasteiger charge is 2.16. The number of nitrogens with zero attached hydrogens (tertiary/aromatic N) is 2. The fourth-order valence-corrected chi connectivity index (χ4v) is 2.51. The number of aromatic nitrogens is 1. The lowest BCUT2D eigenvalue weighted by molar-refractivity contribution is -0.131. The van der Waals surface area contributed by atoms with E-state index in [9.17, 15) is 9.59 Å². The molecule has 1 atom stereocenters. The van der Waals surface area contributed by atoms with Crippen molar-refractivity contribution in [3.05, 3.63) is 69.6 Å². The van der Waals surface area contributed by atoms with E-state index in [-0.39, 0.29) is 17.5 Å². The summed E-state index contributed by atoms with van der Waals surface area (Å²) < 4.78 is 1.55. The van der Waals surface area contributed by atoms with Crippen molar-refractivity contribution in [3.63, 3.8) is 0 Å². The summed E-state index contributed by atoms with van der Waals surface area (Å²) in [5.41, 5.74) is 1.05. The van der Waals surface area contributed by atoms with Gasteiger partial charge in [0, 0.05) is 43.3 Å². The summed E-state index contributed by atoms with van der Waals surface area (Å²) in [6, 6.07) is 12.7. The first-order valence-electron chi connectivity index (χ1n) is 7.63. The van der Waals surface area contributed by atoms with Crippen molar-refractivity contribution in [2.75, 3.05) is 7.05 Å². The Kier molecular flexibility index (Phi) is 5.99. The first-order valence-corrected chi connectivity index (χ1v) is 8.00. The molecule has 1 heterocycles. The van der Waals surface area contributed by atoms with Gasteiger partial charge in [-0.1, -0.05) is 29.8 Å². The highest BCUT2D eigenvalue weighted by molar-refractivity contribution is 6.30. The number of hydrogen-bond acceptors (Lipinski definition) is 2. The molecule has 1 aromatic carbocycles. The van der Waals surface area contributed by atoms with Crippen molar-refractivity contribution < 1.29 is 4.79 Å². The molecule has 4 nitrogen and oxygen atoms in total. The van der Waals surface area contributed by atoms with Crippen LogP contribution in [-0.4, -0.2) is 28.5 Å². The van der Waals surface area contributed by atoms with Gasteiger partial charge in [-0.15, -0.1) is 0 Å². The fourth-order valence-electron chi connectivity index (χ4n) is 2.38. The Morgan fingerprint density at radius 3 is 2.57 bits per heavy atom. The predicted molar refractivity (Wildman–Crippen MR) is 92.7 cm³/mol. The van der Waals surface area contributed by atoms with Crippen LogP contribution in [0.2, 0.25) is 5.02 Å². The lowest BCUT2D eigenvalue weighted by Gasteiger charge is -2.25. The minimum Gasteiger partial charge on any atom is -0.343 e. The molecule has 1 aromatic heterocycles. The Labute approximate surface area is 141 Å². The molecule has 122 valence electrons.